The molecule has 1 atom stereocenters. The molecule has 2 heterocycles. The number of Topliss-reactive ketones (excluding diaryl/α,β-unsaturated/α-hetero) is 1. The number of benzene rings is 1. The molecule has 1 amide bonds. The number of aliphatic hydroxyl groups is 1. The summed E-state index contributed by atoms with van der Waals surface area (Å²) in [5.74, 6) is -1.14. The number of carbonyl (C=O) groups excluding carboxylic acids is 2. The molecule has 0 bridgehead atoms. The van der Waals surface area contributed by atoms with Crippen molar-refractivity contribution in [3.63, 3.8) is 0 Å². The standard InChI is InChI=1S/C20H20BrNO5/c1-12-11-13(6-7-14(12)21)18(23)16-17(15-5-3-10-27-15)22(8-4-9-26-2)20(25)19(16)24/h3,5-7,10-11,17,23H,4,8-9H2,1-2H3/b18-16-. The number of ether oxygens (including phenoxy) is 1. The number of aryl methyl sites for hydroxylation is 1. The first-order valence-electron chi connectivity index (χ1n) is 8.53. The van der Waals surface area contributed by atoms with Crippen LogP contribution >= 0.6 is 15.9 Å². The lowest BCUT2D eigenvalue weighted by atomic mass is 9.98. The Hall–Kier alpha value is -2.38. The summed E-state index contributed by atoms with van der Waals surface area (Å²) in [6.07, 6.45) is 2.05. The Morgan fingerprint density at radius 3 is 2.74 bits per heavy atom. The highest BCUT2D eigenvalue weighted by molar-refractivity contribution is 9.10. The largest absolute Gasteiger partial charge is 0.507 e. The number of furan rings is 1. The highest BCUT2D eigenvalue weighted by Gasteiger charge is 2.47. The summed E-state index contributed by atoms with van der Waals surface area (Å²) in [6, 6.07) is 7.87. The maximum absolute atomic E-state index is 12.7. The number of rotatable bonds is 6. The van der Waals surface area contributed by atoms with Gasteiger partial charge in [-0.3, -0.25) is 9.59 Å². The summed E-state index contributed by atoms with van der Waals surface area (Å²) >= 11 is 3.42. The minimum Gasteiger partial charge on any atom is -0.507 e. The molecule has 7 heteroatoms. The highest BCUT2D eigenvalue weighted by atomic mass is 79.9. The van der Waals surface area contributed by atoms with Crippen LogP contribution in [0.3, 0.4) is 0 Å². The van der Waals surface area contributed by atoms with Crippen LogP contribution in [0.1, 0.15) is 29.3 Å². The molecule has 0 spiro atoms. The second-order valence-corrected chi connectivity index (χ2v) is 7.17. The smallest absolute Gasteiger partial charge is 0.295 e. The van der Waals surface area contributed by atoms with Crippen LogP contribution in [-0.2, 0) is 14.3 Å². The van der Waals surface area contributed by atoms with Crippen LogP contribution in [0.25, 0.3) is 5.76 Å². The summed E-state index contributed by atoms with van der Waals surface area (Å²) in [5, 5.41) is 10.9. The maximum atomic E-state index is 12.7. The van der Waals surface area contributed by atoms with E-state index < -0.39 is 17.7 Å². The first-order valence-corrected chi connectivity index (χ1v) is 9.32. The van der Waals surface area contributed by atoms with E-state index in [2.05, 4.69) is 15.9 Å². The lowest BCUT2D eigenvalue weighted by Crippen LogP contribution is -2.31. The molecule has 0 radical (unpaired) electrons. The third kappa shape index (κ3) is 3.70. The van der Waals surface area contributed by atoms with E-state index in [-0.39, 0.29) is 11.3 Å². The van der Waals surface area contributed by atoms with Gasteiger partial charge in [-0.05, 0) is 43.2 Å². The second kappa shape index (κ2) is 8.10. The molecule has 142 valence electrons. The van der Waals surface area contributed by atoms with Gasteiger partial charge < -0.3 is 19.2 Å². The van der Waals surface area contributed by atoms with Crippen LogP contribution < -0.4 is 0 Å². The predicted octanol–water partition coefficient (Wildman–Crippen LogP) is 3.81. The molecule has 0 aliphatic carbocycles. The third-order valence-electron chi connectivity index (χ3n) is 4.53. The third-order valence-corrected chi connectivity index (χ3v) is 5.42. The number of hydrogen-bond donors (Lipinski definition) is 1. The Morgan fingerprint density at radius 2 is 2.11 bits per heavy atom. The van der Waals surface area contributed by atoms with Crippen LogP contribution in [0.5, 0.6) is 0 Å². The molecule has 27 heavy (non-hydrogen) atoms. The minimum absolute atomic E-state index is 0.0362. The van der Waals surface area contributed by atoms with E-state index in [4.69, 9.17) is 9.15 Å². The van der Waals surface area contributed by atoms with Gasteiger partial charge in [-0.25, -0.2) is 0 Å². The van der Waals surface area contributed by atoms with E-state index >= 15 is 0 Å². The number of ketones is 1. The van der Waals surface area contributed by atoms with Gasteiger partial charge in [0.15, 0.2) is 0 Å². The molecule has 1 saturated heterocycles. The van der Waals surface area contributed by atoms with Crippen molar-refractivity contribution in [3.8, 4) is 0 Å². The van der Waals surface area contributed by atoms with Gasteiger partial charge in [-0.2, -0.15) is 0 Å². The zero-order valence-corrected chi connectivity index (χ0v) is 16.7. The molecule has 1 fully saturated rings. The maximum Gasteiger partial charge on any atom is 0.295 e. The molecule has 1 N–H and O–H groups in total. The van der Waals surface area contributed by atoms with Gasteiger partial charge in [0.05, 0.1) is 11.8 Å². The number of carbonyl (C=O) groups is 2. The molecule has 6 nitrogen and oxygen atoms in total. The van der Waals surface area contributed by atoms with Crippen molar-refractivity contribution in [2.24, 2.45) is 0 Å². The second-order valence-electron chi connectivity index (χ2n) is 6.32. The normalized spacial score (nSPS) is 19.1. The lowest BCUT2D eigenvalue weighted by Gasteiger charge is -2.23. The highest BCUT2D eigenvalue weighted by Crippen LogP contribution is 2.39. The molecule has 3 rings (SSSR count). The average Bonchev–Trinajstić information content (AvgIpc) is 3.26. The summed E-state index contributed by atoms with van der Waals surface area (Å²) in [6.45, 7) is 2.66. The van der Waals surface area contributed by atoms with Gasteiger partial charge >= 0.3 is 0 Å². The van der Waals surface area contributed by atoms with Crippen molar-refractivity contribution in [2.75, 3.05) is 20.3 Å². The van der Waals surface area contributed by atoms with Crippen LogP contribution in [-0.4, -0.2) is 42.0 Å². The molecule has 0 saturated carbocycles. The number of nitrogens with zero attached hydrogens (tertiary/aromatic N) is 1. The number of halogens is 1. The molecular formula is C20H20BrNO5. The summed E-state index contributed by atoms with van der Waals surface area (Å²) in [5.41, 5.74) is 1.42. The quantitative estimate of drug-likeness (QED) is 0.324. The van der Waals surface area contributed by atoms with Crippen LogP contribution in [0.2, 0.25) is 0 Å². The van der Waals surface area contributed by atoms with Crippen molar-refractivity contribution < 1.29 is 23.8 Å². The Morgan fingerprint density at radius 1 is 1.33 bits per heavy atom. The molecular weight excluding hydrogens is 414 g/mol. The van der Waals surface area contributed by atoms with E-state index in [0.717, 1.165) is 10.0 Å². The first kappa shape index (κ1) is 19.4. The van der Waals surface area contributed by atoms with E-state index in [0.29, 0.717) is 30.9 Å². The first-order chi connectivity index (χ1) is 13.0. The molecule has 2 aromatic rings. The van der Waals surface area contributed by atoms with E-state index in [1.807, 2.05) is 6.92 Å². The lowest BCUT2D eigenvalue weighted by molar-refractivity contribution is -0.140. The summed E-state index contributed by atoms with van der Waals surface area (Å²) in [7, 11) is 1.58. The number of amides is 1. The molecule has 1 aliphatic rings. The number of hydrogen-bond acceptors (Lipinski definition) is 5. The Balaban J connectivity index is 2.09. The van der Waals surface area contributed by atoms with Gasteiger partial charge in [-0.1, -0.05) is 22.0 Å². The van der Waals surface area contributed by atoms with Gasteiger partial charge in [0.25, 0.3) is 11.7 Å². The molecule has 1 unspecified atom stereocenters. The van der Waals surface area contributed by atoms with Crippen molar-refractivity contribution in [1.82, 2.24) is 4.90 Å². The molecule has 1 aromatic carbocycles. The van der Waals surface area contributed by atoms with Crippen LogP contribution in [0.4, 0.5) is 0 Å². The zero-order valence-electron chi connectivity index (χ0n) is 15.1. The Kier molecular flexibility index (Phi) is 5.82. The summed E-state index contributed by atoms with van der Waals surface area (Å²) < 4.78 is 11.4. The van der Waals surface area contributed by atoms with Gasteiger partial charge in [0, 0.05) is 30.3 Å². The van der Waals surface area contributed by atoms with E-state index in [9.17, 15) is 14.7 Å². The number of methoxy groups -OCH3 is 1. The van der Waals surface area contributed by atoms with Crippen LogP contribution in [0, 0.1) is 6.92 Å². The van der Waals surface area contributed by atoms with Gasteiger partial charge in [-0.15, -0.1) is 0 Å². The van der Waals surface area contributed by atoms with Crippen molar-refractivity contribution in [3.05, 3.63) is 63.5 Å². The topological polar surface area (TPSA) is 80.0 Å². The Labute approximate surface area is 165 Å². The zero-order chi connectivity index (χ0) is 19.6. The van der Waals surface area contributed by atoms with Gasteiger partial charge in [0.2, 0.25) is 0 Å². The van der Waals surface area contributed by atoms with Crippen molar-refractivity contribution in [2.45, 2.75) is 19.4 Å². The SMILES string of the molecule is COCCCN1C(=O)C(=O)/C(=C(\O)c2ccc(Br)c(C)c2)C1c1ccco1. The van der Waals surface area contributed by atoms with E-state index in [1.54, 1.807) is 37.4 Å². The fourth-order valence-corrected chi connectivity index (χ4v) is 3.43. The van der Waals surface area contributed by atoms with Crippen molar-refractivity contribution >= 4 is 33.4 Å². The fourth-order valence-electron chi connectivity index (χ4n) is 3.18. The fraction of sp³-hybridized carbons (Fsp3) is 0.300. The van der Waals surface area contributed by atoms with Crippen LogP contribution in [0.15, 0.2) is 51.1 Å². The number of likely N-dealkylation sites (tertiary alicyclic amines) is 1. The minimum atomic E-state index is -0.763. The predicted molar refractivity (Wildman–Crippen MR) is 103 cm³/mol. The summed E-state index contributed by atoms with van der Waals surface area (Å²) in [4.78, 5) is 26.8. The monoisotopic (exact) mass is 433 g/mol. The van der Waals surface area contributed by atoms with Gasteiger partial charge in [0.1, 0.15) is 17.6 Å². The number of aliphatic hydroxyl groups excluding tert-OH is 1. The Bertz CT molecular complexity index is 888. The van der Waals surface area contributed by atoms with E-state index in [1.165, 1.54) is 11.2 Å². The van der Waals surface area contributed by atoms with Crippen molar-refractivity contribution in [1.29, 1.82) is 0 Å². The molecule has 1 aromatic heterocycles. The average molecular weight is 434 g/mol. The molecule has 1 aliphatic heterocycles.